The third kappa shape index (κ3) is 2.58. The number of carbonyl (C=O) groups is 2. The van der Waals surface area contributed by atoms with Crippen LogP contribution in [0.25, 0.3) is 0 Å². The van der Waals surface area contributed by atoms with Crippen LogP contribution in [0.3, 0.4) is 0 Å². The van der Waals surface area contributed by atoms with Gasteiger partial charge in [0.15, 0.2) is 0 Å². The molecule has 1 aliphatic rings. The van der Waals surface area contributed by atoms with Crippen LogP contribution >= 0.6 is 0 Å². The molecular weight excluding hydrogens is 192 g/mol. The van der Waals surface area contributed by atoms with Crippen molar-refractivity contribution in [2.24, 2.45) is 17.3 Å². The summed E-state index contributed by atoms with van der Waals surface area (Å²) in [6, 6.07) is 0. The Labute approximate surface area is 91.2 Å². The van der Waals surface area contributed by atoms with Crippen LogP contribution in [-0.4, -0.2) is 18.9 Å². The number of rotatable bonds is 4. The zero-order chi connectivity index (χ0) is 11.6. The molecule has 0 unspecified atom stereocenters. The third-order valence-electron chi connectivity index (χ3n) is 3.55. The SMILES string of the molecule is COC(=O)[C@H]1CC(C)(C)[C@H]1CCC(C)=O. The molecule has 3 nitrogen and oxygen atoms in total. The van der Waals surface area contributed by atoms with Crippen molar-refractivity contribution in [1.82, 2.24) is 0 Å². The lowest BCUT2D eigenvalue weighted by Crippen LogP contribution is -2.48. The topological polar surface area (TPSA) is 43.4 Å². The fourth-order valence-corrected chi connectivity index (χ4v) is 2.59. The van der Waals surface area contributed by atoms with E-state index in [1.54, 1.807) is 6.92 Å². The van der Waals surface area contributed by atoms with Gasteiger partial charge in [0.2, 0.25) is 0 Å². The normalized spacial score (nSPS) is 28.0. The van der Waals surface area contributed by atoms with Crippen molar-refractivity contribution in [3.63, 3.8) is 0 Å². The number of carbonyl (C=O) groups excluding carboxylic acids is 2. The van der Waals surface area contributed by atoms with Crippen molar-refractivity contribution in [3.8, 4) is 0 Å². The van der Waals surface area contributed by atoms with Gasteiger partial charge in [-0.25, -0.2) is 0 Å². The van der Waals surface area contributed by atoms with Crippen LogP contribution in [0.4, 0.5) is 0 Å². The summed E-state index contributed by atoms with van der Waals surface area (Å²) >= 11 is 0. The first kappa shape index (κ1) is 12.2. The smallest absolute Gasteiger partial charge is 0.308 e. The van der Waals surface area contributed by atoms with Gasteiger partial charge < -0.3 is 9.53 Å². The first-order valence-electron chi connectivity index (χ1n) is 5.45. The molecular formula is C12H20O3. The van der Waals surface area contributed by atoms with E-state index in [4.69, 9.17) is 4.74 Å². The molecule has 0 heterocycles. The number of ketones is 1. The minimum absolute atomic E-state index is 0.00403. The van der Waals surface area contributed by atoms with Crippen LogP contribution in [-0.2, 0) is 14.3 Å². The van der Waals surface area contributed by atoms with Crippen molar-refractivity contribution in [2.45, 2.75) is 40.0 Å². The van der Waals surface area contributed by atoms with E-state index in [0.29, 0.717) is 12.3 Å². The first-order chi connectivity index (χ1) is 6.88. The van der Waals surface area contributed by atoms with Crippen LogP contribution < -0.4 is 0 Å². The van der Waals surface area contributed by atoms with Gasteiger partial charge in [0.05, 0.1) is 13.0 Å². The standard InChI is InChI=1S/C12H20O3/c1-8(13)5-6-10-9(11(14)15-4)7-12(10,2)3/h9-10H,5-7H2,1-4H3/t9-,10-/m0/s1. The summed E-state index contributed by atoms with van der Waals surface area (Å²) in [7, 11) is 1.43. The number of methoxy groups -OCH3 is 1. The summed E-state index contributed by atoms with van der Waals surface area (Å²) < 4.78 is 4.76. The number of hydrogen-bond acceptors (Lipinski definition) is 3. The Kier molecular flexibility index (Phi) is 3.53. The fourth-order valence-electron chi connectivity index (χ4n) is 2.59. The van der Waals surface area contributed by atoms with Gasteiger partial charge in [0.1, 0.15) is 5.78 Å². The van der Waals surface area contributed by atoms with Gasteiger partial charge in [0.25, 0.3) is 0 Å². The molecule has 0 saturated heterocycles. The lowest BCUT2D eigenvalue weighted by Gasteiger charge is -2.50. The number of esters is 1. The van der Waals surface area contributed by atoms with Crippen LogP contribution in [0.1, 0.15) is 40.0 Å². The molecule has 0 spiro atoms. The molecule has 1 aliphatic carbocycles. The first-order valence-corrected chi connectivity index (χ1v) is 5.45. The van der Waals surface area contributed by atoms with Gasteiger partial charge >= 0.3 is 5.97 Å². The van der Waals surface area contributed by atoms with Crippen LogP contribution in [0.5, 0.6) is 0 Å². The monoisotopic (exact) mass is 212 g/mol. The minimum atomic E-state index is -0.122. The number of Topliss-reactive ketones (excluding diaryl/α,β-unsaturated/α-hetero) is 1. The Hall–Kier alpha value is -0.860. The van der Waals surface area contributed by atoms with E-state index in [2.05, 4.69) is 13.8 Å². The van der Waals surface area contributed by atoms with Gasteiger partial charge in [-0.3, -0.25) is 4.79 Å². The second-order valence-electron chi connectivity index (χ2n) is 5.17. The van der Waals surface area contributed by atoms with E-state index in [9.17, 15) is 9.59 Å². The highest BCUT2D eigenvalue weighted by Gasteiger charge is 2.50. The van der Waals surface area contributed by atoms with E-state index in [-0.39, 0.29) is 23.1 Å². The van der Waals surface area contributed by atoms with Gasteiger partial charge in [-0.05, 0) is 31.1 Å². The average molecular weight is 212 g/mol. The quantitative estimate of drug-likeness (QED) is 0.671. The maximum Gasteiger partial charge on any atom is 0.308 e. The molecule has 2 atom stereocenters. The Balaban J connectivity index is 2.56. The number of hydrogen-bond donors (Lipinski definition) is 0. The van der Waals surface area contributed by atoms with Gasteiger partial charge in [-0.1, -0.05) is 13.8 Å². The van der Waals surface area contributed by atoms with E-state index >= 15 is 0 Å². The minimum Gasteiger partial charge on any atom is -0.469 e. The largest absolute Gasteiger partial charge is 0.469 e. The zero-order valence-electron chi connectivity index (χ0n) is 10.0. The van der Waals surface area contributed by atoms with Crippen LogP contribution in [0, 0.1) is 17.3 Å². The summed E-state index contributed by atoms with van der Waals surface area (Å²) in [5.74, 6) is 0.377. The van der Waals surface area contributed by atoms with E-state index < -0.39 is 0 Å². The second kappa shape index (κ2) is 4.33. The molecule has 0 radical (unpaired) electrons. The molecule has 0 aliphatic heterocycles. The Morgan fingerprint density at radius 3 is 2.40 bits per heavy atom. The van der Waals surface area contributed by atoms with E-state index in [1.807, 2.05) is 0 Å². The van der Waals surface area contributed by atoms with Crippen molar-refractivity contribution in [3.05, 3.63) is 0 Å². The highest BCUT2D eigenvalue weighted by molar-refractivity contribution is 5.76. The zero-order valence-corrected chi connectivity index (χ0v) is 10.0. The molecule has 1 fully saturated rings. The summed E-state index contributed by atoms with van der Waals surface area (Å²) in [6.07, 6.45) is 2.26. The maximum absolute atomic E-state index is 11.4. The van der Waals surface area contributed by atoms with Crippen LogP contribution in [0.15, 0.2) is 0 Å². The summed E-state index contributed by atoms with van der Waals surface area (Å²) in [4.78, 5) is 22.4. The molecule has 86 valence electrons. The molecule has 0 aromatic rings. The van der Waals surface area contributed by atoms with Crippen molar-refractivity contribution < 1.29 is 14.3 Å². The molecule has 0 aromatic heterocycles. The van der Waals surface area contributed by atoms with Gasteiger partial charge in [0, 0.05) is 6.42 Å². The maximum atomic E-state index is 11.4. The molecule has 1 saturated carbocycles. The highest BCUT2D eigenvalue weighted by atomic mass is 16.5. The molecule has 3 heteroatoms. The van der Waals surface area contributed by atoms with Gasteiger partial charge in [-0.15, -0.1) is 0 Å². The Bertz CT molecular complexity index is 268. The second-order valence-corrected chi connectivity index (χ2v) is 5.17. The van der Waals surface area contributed by atoms with Crippen molar-refractivity contribution in [2.75, 3.05) is 7.11 Å². The Morgan fingerprint density at radius 1 is 1.40 bits per heavy atom. The molecule has 0 aromatic carbocycles. The average Bonchev–Trinajstić information content (AvgIpc) is 2.13. The van der Waals surface area contributed by atoms with Crippen molar-refractivity contribution in [1.29, 1.82) is 0 Å². The predicted octanol–water partition coefficient (Wildman–Crippen LogP) is 2.19. The summed E-state index contributed by atoms with van der Waals surface area (Å²) in [5.41, 5.74) is 0.175. The lowest BCUT2D eigenvalue weighted by atomic mass is 9.54. The third-order valence-corrected chi connectivity index (χ3v) is 3.55. The van der Waals surface area contributed by atoms with Crippen LogP contribution in [0.2, 0.25) is 0 Å². The van der Waals surface area contributed by atoms with Crippen molar-refractivity contribution >= 4 is 11.8 Å². The molecule has 0 bridgehead atoms. The lowest BCUT2D eigenvalue weighted by molar-refractivity contribution is -0.161. The predicted molar refractivity (Wildman–Crippen MR) is 57.3 cm³/mol. The molecule has 0 N–H and O–H groups in total. The summed E-state index contributed by atoms with van der Waals surface area (Å²) in [5, 5.41) is 0. The molecule has 0 amide bonds. The Morgan fingerprint density at radius 2 is 2.00 bits per heavy atom. The fraction of sp³-hybridized carbons (Fsp3) is 0.833. The summed E-state index contributed by atoms with van der Waals surface area (Å²) in [6.45, 7) is 5.90. The number of ether oxygens (including phenoxy) is 1. The highest BCUT2D eigenvalue weighted by Crippen LogP contribution is 2.53. The van der Waals surface area contributed by atoms with Gasteiger partial charge in [-0.2, -0.15) is 0 Å². The molecule has 15 heavy (non-hydrogen) atoms. The van der Waals surface area contributed by atoms with E-state index in [1.165, 1.54) is 7.11 Å². The molecule has 1 rings (SSSR count). The van der Waals surface area contributed by atoms with E-state index in [0.717, 1.165) is 12.8 Å².